The molecule has 0 aromatic carbocycles. The Kier molecular flexibility index (Phi) is 7.13. The Morgan fingerprint density at radius 2 is 2.15 bits per heavy atom. The number of hydrogen-bond acceptors (Lipinski definition) is 6. The van der Waals surface area contributed by atoms with Crippen molar-refractivity contribution in [1.29, 1.82) is 0 Å². The molecule has 0 radical (unpaired) electrons. The highest BCUT2D eigenvalue weighted by molar-refractivity contribution is 7.09. The Morgan fingerprint density at radius 3 is 2.70 bits per heavy atom. The summed E-state index contributed by atoms with van der Waals surface area (Å²) in [5, 5.41) is 20.3. The van der Waals surface area contributed by atoms with E-state index in [0.717, 1.165) is 5.01 Å². The van der Waals surface area contributed by atoms with Gasteiger partial charge in [0.2, 0.25) is 0 Å². The molecular formula is C12H19N3O4S. The van der Waals surface area contributed by atoms with Crippen LogP contribution in [0.25, 0.3) is 0 Å². The number of unbranched alkanes of at least 4 members (excludes halogenated alkanes) is 1. The second-order valence-electron chi connectivity index (χ2n) is 4.47. The Balaban J connectivity index is 2.33. The van der Waals surface area contributed by atoms with E-state index in [1.54, 1.807) is 11.1 Å². The van der Waals surface area contributed by atoms with E-state index in [1.807, 2.05) is 5.38 Å². The van der Waals surface area contributed by atoms with Gasteiger partial charge in [0, 0.05) is 11.6 Å². The first kappa shape index (κ1) is 16.5. The Hall–Kier alpha value is -1.51. The molecule has 0 amide bonds. The maximum absolute atomic E-state index is 10.8. The standard InChI is InChI=1S/C12H19N3O4S/c13-9(12(18)19)3-1-2-5-15(8-11(16)17)7-10-14-4-6-20-10/h4,6,9H,1-3,5,7-8,13H2,(H,16,17)(H,18,19)/t9-/m0/s1. The van der Waals surface area contributed by atoms with Crippen molar-refractivity contribution >= 4 is 23.3 Å². The molecule has 1 rings (SSSR count). The van der Waals surface area contributed by atoms with E-state index in [4.69, 9.17) is 15.9 Å². The number of aromatic nitrogens is 1. The van der Waals surface area contributed by atoms with E-state index in [1.165, 1.54) is 11.3 Å². The molecule has 8 heteroatoms. The van der Waals surface area contributed by atoms with Crippen LogP contribution >= 0.6 is 11.3 Å². The molecule has 7 nitrogen and oxygen atoms in total. The SMILES string of the molecule is N[C@@H](CCCCN(CC(=O)O)Cc1nccs1)C(=O)O. The van der Waals surface area contributed by atoms with Gasteiger partial charge in [0.25, 0.3) is 0 Å². The van der Waals surface area contributed by atoms with Gasteiger partial charge < -0.3 is 15.9 Å². The Morgan fingerprint density at radius 1 is 1.40 bits per heavy atom. The number of nitrogens with zero attached hydrogens (tertiary/aromatic N) is 2. The molecule has 1 aromatic heterocycles. The minimum atomic E-state index is -1.00. The van der Waals surface area contributed by atoms with E-state index in [9.17, 15) is 9.59 Å². The lowest BCUT2D eigenvalue weighted by Gasteiger charge is -2.19. The van der Waals surface area contributed by atoms with Crippen LogP contribution in [0.2, 0.25) is 0 Å². The van der Waals surface area contributed by atoms with E-state index in [0.29, 0.717) is 32.4 Å². The van der Waals surface area contributed by atoms with Crippen LogP contribution in [0.15, 0.2) is 11.6 Å². The average Bonchev–Trinajstić information content (AvgIpc) is 2.86. The number of rotatable bonds is 10. The smallest absolute Gasteiger partial charge is 0.320 e. The van der Waals surface area contributed by atoms with Crippen molar-refractivity contribution in [1.82, 2.24) is 9.88 Å². The van der Waals surface area contributed by atoms with Crippen LogP contribution in [-0.4, -0.2) is 51.2 Å². The molecule has 4 N–H and O–H groups in total. The van der Waals surface area contributed by atoms with Crippen LogP contribution < -0.4 is 5.73 Å². The van der Waals surface area contributed by atoms with Crippen LogP contribution in [-0.2, 0) is 16.1 Å². The van der Waals surface area contributed by atoms with Crippen molar-refractivity contribution in [2.24, 2.45) is 5.73 Å². The molecule has 1 heterocycles. The van der Waals surface area contributed by atoms with Gasteiger partial charge in [0.15, 0.2) is 0 Å². The number of carboxylic acids is 2. The number of thiazole rings is 1. The summed E-state index contributed by atoms with van der Waals surface area (Å²) in [6, 6.07) is -0.845. The van der Waals surface area contributed by atoms with Gasteiger partial charge in [-0.3, -0.25) is 14.5 Å². The minimum Gasteiger partial charge on any atom is -0.480 e. The Labute approximate surface area is 121 Å². The number of aliphatic carboxylic acids is 2. The molecule has 0 aliphatic heterocycles. The summed E-state index contributed by atoms with van der Waals surface area (Å²) in [5.41, 5.74) is 5.41. The molecule has 1 atom stereocenters. The molecule has 0 saturated carbocycles. The highest BCUT2D eigenvalue weighted by atomic mass is 32.1. The number of carboxylic acid groups (broad SMARTS) is 2. The molecule has 0 aliphatic carbocycles. The molecule has 0 bridgehead atoms. The highest BCUT2D eigenvalue weighted by Gasteiger charge is 2.13. The summed E-state index contributed by atoms with van der Waals surface area (Å²) in [4.78, 5) is 27.3. The van der Waals surface area contributed by atoms with Crippen molar-refractivity contribution in [3.63, 3.8) is 0 Å². The topological polar surface area (TPSA) is 117 Å². The van der Waals surface area contributed by atoms with Crippen molar-refractivity contribution in [2.45, 2.75) is 31.8 Å². The molecule has 0 unspecified atom stereocenters. The third-order valence-electron chi connectivity index (χ3n) is 2.76. The second kappa shape index (κ2) is 8.62. The van der Waals surface area contributed by atoms with E-state index in [-0.39, 0.29) is 6.54 Å². The first-order valence-corrected chi connectivity index (χ1v) is 7.18. The van der Waals surface area contributed by atoms with Crippen molar-refractivity contribution in [3.05, 3.63) is 16.6 Å². The molecule has 0 saturated heterocycles. The van der Waals surface area contributed by atoms with E-state index < -0.39 is 18.0 Å². The first-order chi connectivity index (χ1) is 9.49. The molecule has 112 valence electrons. The molecule has 1 aromatic rings. The van der Waals surface area contributed by atoms with Crippen molar-refractivity contribution < 1.29 is 19.8 Å². The van der Waals surface area contributed by atoms with E-state index >= 15 is 0 Å². The summed E-state index contributed by atoms with van der Waals surface area (Å²) in [6.45, 7) is 1.03. The van der Waals surface area contributed by atoms with Crippen molar-refractivity contribution in [2.75, 3.05) is 13.1 Å². The lowest BCUT2D eigenvalue weighted by Crippen LogP contribution is -2.32. The predicted molar refractivity (Wildman–Crippen MR) is 74.5 cm³/mol. The zero-order chi connectivity index (χ0) is 15.0. The summed E-state index contributed by atoms with van der Waals surface area (Å²) < 4.78 is 0. The minimum absolute atomic E-state index is 0.0510. The first-order valence-electron chi connectivity index (χ1n) is 6.30. The fraction of sp³-hybridized carbons (Fsp3) is 0.583. The van der Waals surface area contributed by atoms with E-state index in [2.05, 4.69) is 4.98 Å². The maximum Gasteiger partial charge on any atom is 0.320 e. The fourth-order valence-electron chi connectivity index (χ4n) is 1.75. The van der Waals surface area contributed by atoms with Crippen LogP contribution in [0.5, 0.6) is 0 Å². The molecular weight excluding hydrogens is 282 g/mol. The molecule has 0 fully saturated rings. The number of carbonyl (C=O) groups is 2. The maximum atomic E-state index is 10.8. The largest absolute Gasteiger partial charge is 0.480 e. The van der Waals surface area contributed by atoms with Gasteiger partial charge in [-0.1, -0.05) is 6.42 Å². The van der Waals surface area contributed by atoms with Crippen molar-refractivity contribution in [3.8, 4) is 0 Å². The lowest BCUT2D eigenvalue weighted by molar-refractivity contribution is -0.139. The summed E-state index contributed by atoms with van der Waals surface area (Å²) in [6.07, 6.45) is 3.44. The third-order valence-corrected chi connectivity index (χ3v) is 3.52. The summed E-state index contributed by atoms with van der Waals surface area (Å²) >= 11 is 1.48. The fourth-order valence-corrected chi connectivity index (χ4v) is 2.41. The average molecular weight is 301 g/mol. The quantitative estimate of drug-likeness (QED) is 0.542. The van der Waals surface area contributed by atoms with Gasteiger partial charge in [0.05, 0.1) is 13.1 Å². The van der Waals surface area contributed by atoms with Gasteiger partial charge in [-0.15, -0.1) is 11.3 Å². The van der Waals surface area contributed by atoms with Crippen LogP contribution in [0.4, 0.5) is 0 Å². The zero-order valence-electron chi connectivity index (χ0n) is 11.1. The second-order valence-corrected chi connectivity index (χ2v) is 5.45. The summed E-state index contributed by atoms with van der Waals surface area (Å²) in [5.74, 6) is -1.89. The monoisotopic (exact) mass is 301 g/mol. The van der Waals surface area contributed by atoms with Gasteiger partial charge in [-0.2, -0.15) is 0 Å². The zero-order valence-corrected chi connectivity index (χ0v) is 11.9. The molecule has 0 spiro atoms. The van der Waals surface area contributed by atoms with Gasteiger partial charge in [0.1, 0.15) is 11.0 Å². The van der Waals surface area contributed by atoms with Crippen LogP contribution in [0.1, 0.15) is 24.3 Å². The normalized spacial score (nSPS) is 12.5. The predicted octanol–water partition coefficient (Wildman–Crippen LogP) is 0.612. The Bertz CT molecular complexity index is 424. The van der Waals surface area contributed by atoms with Gasteiger partial charge in [-0.25, -0.2) is 4.98 Å². The lowest BCUT2D eigenvalue weighted by atomic mass is 10.1. The molecule has 0 aliphatic rings. The third kappa shape index (κ3) is 6.60. The van der Waals surface area contributed by atoms with Crippen LogP contribution in [0.3, 0.4) is 0 Å². The highest BCUT2D eigenvalue weighted by Crippen LogP contribution is 2.09. The molecule has 20 heavy (non-hydrogen) atoms. The number of hydrogen-bond donors (Lipinski definition) is 3. The number of nitrogens with two attached hydrogens (primary N) is 1. The van der Waals surface area contributed by atoms with Gasteiger partial charge >= 0.3 is 11.9 Å². The van der Waals surface area contributed by atoms with Crippen LogP contribution in [0, 0.1) is 0 Å². The van der Waals surface area contributed by atoms with Gasteiger partial charge in [-0.05, 0) is 19.4 Å². The summed E-state index contributed by atoms with van der Waals surface area (Å²) in [7, 11) is 0.